The first-order chi connectivity index (χ1) is 10.5. The summed E-state index contributed by atoms with van der Waals surface area (Å²) in [6.45, 7) is 5.59. The molecule has 0 spiro atoms. The Hall–Kier alpha value is -2.13. The normalized spacial score (nSPS) is 13.7. The van der Waals surface area contributed by atoms with Gasteiger partial charge in [-0.3, -0.25) is 4.79 Å². The van der Waals surface area contributed by atoms with Crippen molar-refractivity contribution < 1.29 is 14.6 Å². The SMILES string of the molecule is Cc1ccc([C@H](O)[C@@H](C(=O)OC(C)C)c2ccccc2)cc1. The second-order valence-corrected chi connectivity index (χ2v) is 5.73. The van der Waals surface area contributed by atoms with Crippen molar-refractivity contribution in [1.82, 2.24) is 0 Å². The minimum absolute atomic E-state index is 0.219. The third kappa shape index (κ3) is 3.95. The number of rotatable bonds is 5. The van der Waals surface area contributed by atoms with Crippen LogP contribution in [-0.2, 0) is 9.53 Å². The van der Waals surface area contributed by atoms with Gasteiger partial charge in [0.25, 0.3) is 0 Å². The molecule has 0 heterocycles. The number of aliphatic hydroxyl groups is 1. The fraction of sp³-hybridized carbons (Fsp3) is 0.316. The molecule has 3 nitrogen and oxygen atoms in total. The van der Waals surface area contributed by atoms with Crippen LogP contribution in [0.15, 0.2) is 54.6 Å². The summed E-state index contributed by atoms with van der Waals surface area (Å²) in [4.78, 5) is 12.5. The second-order valence-electron chi connectivity index (χ2n) is 5.73. The van der Waals surface area contributed by atoms with E-state index in [4.69, 9.17) is 4.74 Å². The first-order valence-electron chi connectivity index (χ1n) is 7.49. The molecule has 0 aromatic heterocycles. The van der Waals surface area contributed by atoms with Gasteiger partial charge < -0.3 is 9.84 Å². The molecule has 22 heavy (non-hydrogen) atoms. The number of aryl methyl sites for hydroxylation is 1. The molecule has 2 atom stereocenters. The van der Waals surface area contributed by atoms with Crippen LogP contribution in [0, 0.1) is 6.92 Å². The van der Waals surface area contributed by atoms with E-state index in [0.29, 0.717) is 5.56 Å². The molecule has 0 bridgehead atoms. The number of carbonyl (C=O) groups is 1. The van der Waals surface area contributed by atoms with Crippen molar-refractivity contribution >= 4 is 5.97 Å². The van der Waals surface area contributed by atoms with Crippen LogP contribution in [0.3, 0.4) is 0 Å². The van der Waals surface area contributed by atoms with Gasteiger partial charge in [-0.05, 0) is 31.9 Å². The molecular formula is C19H22O3. The van der Waals surface area contributed by atoms with Gasteiger partial charge >= 0.3 is 5.97 Å². The van der Waals surface area contributed by atoms with Crippen LogP contribution < -0.4 is 0 Å². The standard InChI is InChI=1S/C19H22O3/c1-13(2)22-19(21)17(15-7-5-4-6-8-15)18(20)16-11-9-14(3)10-12-16/h4-13,17-18,20H,1-3H3/t17-,18-/m0/s1. The predicted molar refractivity (Wildman–Crippen MR) is 86.5 cm³/mol. The number of hydrogen-bond acceptors (Lipinski definition) is 3. The minimum atomic E-state index is -0.936. The van der Waals surface area contributed by atoms with E-state index in [-0.39, 0.29) is 6.10 Å². The van der Waals surface area contributed by atoms with Crippen LogP contribution in [0.25, 0.3) is 0 Å². The Kier molecular flexibility index (Phi) is 5.34. The third-order valence-electron chi connectivity index (χ3n) is 3.50. The number of carbonyl (C=O) groups excluding carboxylic acids is 1. The van der Waals surface area contributed by atoms with Crippen LogP contribution in [0.2, 0.25) is 0 Å². The lowest BCUT2D eigenvalue weighted by Crippen LogP contribution is -2.25. The quantitative estimate of drug-likeness (QED) is 0.855. The van der Waals surface area contributed by atoms with Crippen LogP contribution in [0.4, 0.5) is 0 Å². The Morgan fingerprint density at radius 1 is 0.955 bits per heavy atom. The highest BCUT2D eigenvalue weighted by Crippen LogP contribution is 2.32. The van der Waals surface area contributed by atoms with Gasteiger partial charge in [-0.1, -0.05) is 60.2 Å². The zero-order valence-electron chi connectivity index (χ0n) is 13.2. The van der Waals surface area contributed by atoms with Gasteiger partial charge in [0.05, 0.1) is 12.2 Å². The predicted octanol–water partition coefficient (Wildman–Crippen LogP) is 3.76. The Balaban J connectivity index is 2.35. The summed E-state index contributed by atoms with van der Waals surface area (Å²) in [5, 5.41) is 10.7. The summed E-state index contributed by atoms with van der Waals surface area (Å²) < 4.78 is 5.33. The maximum atomic E-state index is 12.5. The molecule has 3 heteroatoms. The van der Waals surface area contributed by atoms with E-state index in [2.05, 4.69) is 0 Å². The summed E-state index contributed by atoms with van der Waals surface area (Å²) in [6, 6.07) is 16.8. The Bertz CT molecular complexity index is 602. The smallest absolute Gasteiger partial charge is 0.316 e. The van der Waals surface area contributed by atoms with Crippen molar-refractivity contribution in [3.63, 3.8) is 0 Å². The van der Waals surface area contributed by atoms with Crippen LogP contribution in [0.5, 0.6) is 0 Å². The molecule has 0 fully saturated rings. The van der Waals surface area contributed by atoms with Gasteiger partial charge in [-0.2, -0.15) is 0 Å². The molecule has 0 aliphatic rings. The van der Waals surface area contributed by atoms with E-state index in [1.165, 1.54) is 0 Å². The molecule has 2 aromatic rings. The molecule has 0 radical (unpaired) electrons. The molecule has 0 aliphatic carbocycles. The van der Waals surface area contributed by atoms with E-state index in [1.807, 2.05) is 61.5 Å². The lowest BCUT2D eigenvalue weighted by molar-refractivity contribution is -0.152. The average molecular weight is 298 g/mol. The Labute approximate surface area is 131 Å². The number of aliphatic hydroxyl groups excluding tert-OH is 1. The van der Waals surface area contributed by atoms with Crippen molar-refractivity contribution in [3.8, 4) is 0 Å². The number of esters is 1. The Morgan fingerprint density at radius 3 is 2.09 bits per heavy atom. The monoisotopic (exact) mass is 298 g/mol. The maximum absolute atomic E-state index is 12.5. The van der Waals surface area contributed by atoms with E-state index < -0.39 is 18.0 Å². The number of ether oxygens (including phenoxy) is 1. The third-order valence-corrected chi connectivity index (χ3v) is 3.50. The van der Waals surface area contributed by atoms with Crippen LogP contribution in [0.1, 0.15) is 42.6 Å². The summed E-state index contributed by atoms with van der Waals surface area (Å²) in [5.41, 5.74) is 2.57. The van der Waals surface area contributed by atoms with Gasteiger partial charge in [0.15, 0.2) is 0 Å². The van der Waals surface area contributed by atoms with Crippen molar-refractivity contribution in [1.29, 1.82) is 0 Å². The largest absolute Gasteiger partial charge is 0.462 e. The molecule has 2 aromatic carbocycles. The first kappa shape index (κ1) is 16.2. The summed E-state index contributed by atoms with van der Waals surface area (Å²) >= 11 is 0. The zero-order chi connectivity index (χ0) is 16.1. The van der Waals surface area contributed by atoms with Crippen LogP contribution in [-0.4, -0.2) is 17.2 Å². The van der Waals surface area contributed by atoms with E-state index >= 15 is 0 Å². The van der Waals surface area contributed by atoms with Crippen molar-refractivity contribution in [2.24, 2.45) is 0 Å². The highest BCUT2D eigenvalue weighted by atomic mass is 16.5. The van der Waals surface area contributed by atoms with Gasteiger partial charge in [-0.25, -0.2) is 0 Å². The fourth-order valence-electron chi connectivity index (χ4n) is 2.37. The number of hydrogen-bond donors (Lipinski definition) is 1. The highest BCUT2D eigenvalue weighted by molar-refractivity contribution is 5.79. The fourth-order valence-corrected chi connectivity index (χ4v) is 2.37. The topological polar surface area (TPSA) is 46.5 Å². The van der Waals surface area contributed by atoms with Crippen molar-refractivity contribution in [2.75, 3.05) is 0 Å². The molecule has 0 saturated heterocycles. The lowest BCUT2D eigenvalue weighted by atomic mass is 9.89. The van der Waals surface area contributed by atoms with Gasteiger partial charge in [0.1, 0.15) is 5.92 Å². The molecule has 0 unspecified atom stereocenters. The van der Waals surface area contributed by atoms with Crippen molar-refractivity contribution in [3.05, 3.63) is 71.3 Å². The van der Waals surface area contributed by atoms with E-state index in [1.54, 1.807) is 13.8 Å². The molecule has 2 rings (SSSR count). The van der Waals surface area contributed by atoms with Crippen LogP contribution >= 0.6 is 0 Å². The van der Waals surface area contributed by atoms with Gasteiger partial charge in [0, 0.05) is 0 Å². The lowest BCUT2D eigenvalue weighted by Gasteiger charge is -2.23. The molecular weight excluding hydrogens is 276 g/mol. The average Bonchev–Trinajstić information content (AvgIpc) is 2.48. The summed E-state index contributed by atoms with van der Waals surface area (Å²) in [7, 11) is 0. The Morgan fingerprint density at radius 2 is 1.55 bits per heavy atom. The maximum Gasteiger partial charge on any atom is 0.316 e. The highest BCUT2D eigenvalue weighted by Gasteiger charge is 2.31. The molecule has 0 amide bonds. The minimum Gasteiger partial charge on any atom is -0.462 e. The first-order valence-corrected chi connectivity index (χ1v) is 7.49. The molecule has 116 valence electrons. The summed E-state index contributed by atoms with van der Waals surface area (Å²) in [5.74, 6) is -1.14. The van der Waals surface area contributed by atoms with E-state index in [0.717, 1.165) is 11.1 Å². The molecule has 0 saturated carbocycles. The van der Waals surface area contributed by atoms with Gasteiger partial charge in [0.2, 0.25) is 0 Å². The summed E-state index contributed by atoms with van der Waals surface area (Å²) in [6.07, 6.45) is -1.15. The van der Waals surface area contributed by atoms with Crippen molar-refractivity contribution in [2.45, 2.75) is 38.9 Å². The van der Waals surface area contributed by atoms with E-state index in [9.17, 15) is 9.90 Å². The number of benzene rings is 2. The molecule has 0 aliphatic heterocycles. The molecule has 1 N–H and O–H groups in total. The van der Waals surface area contributed by atoms with Gasteiger partial charge in [-0.15, -0.1) is 0 Å². The zero-order valence-corrected chi connectivity index (χ0v) is 13.2. The second kappa shape index (κ2) is 7.23.